The number of fused-ring (bicyclic) bond motifs is 2. The average Bonchev–Trinajstić information content (AvgIpc) is 3.01. The van der Waals surface area contributed by atoms with Crippen molar-refractivity contribution in [3.05, 3.63) is 0 Å². The van der Waals surface area contributed by atoms with Crippen molar-refractivity contribution in [2.75, 3.05) is 6.54 Å². The largest absolute Gasteiger partial charge is 0.480 e. The summed E-state index contributed by atoms with van der Waals surface area (Å²) in [4.78, 5) is 24.9. The number of aliphatic hydroxyl groups is 1. The van der Waals surface area contributed by atoms with Gasteiger partial charge >= 0.3 is 5.97 Å². The maximum atomic E-state index is 12.4. The predicted molar refractivity (Wildman–Crippen MR) is 61.8 cm³/mol. The zero-order valence-electron chi connectivity index (χ0n) is 10.1. The van der Waals surface area contributed by atoms with Crippen LogP contribution in [-0.2, 0) is 9.59 Å². The Morgan fingerprint density at radius 2 is 2.00 bits per heavy atom. The van der Waals surface area contributed by atoms with Gasteiger partial charge in [-0.25, -0.2) is 4.79 Å². The van der Waals surface area contributed by atoms with Crippen molar-refractivity contribution >= 4 is 11.9 Å². The van der Waals surface area contributed by atoms with Gasteiger partial charge < -0.3 is 20.4 Å². The summed E-state index contributed by atoms with van der Waals surface area (Å²) in [5.41, 5.74) is 0. The van der Waals surface area contributed by atoms with Crippen LogP contribution >= 0.6 is 0 Å². The van der Waals surface area contributed by atoms with Crippen molar-refractivity contribution in [3.8, 4) is 0 Å². The third-order valence-corrected chi connectivity index (χ3v) is 4.46. The molecule has 0 radical (unpaired) electrons. The van der Waals surface area contributed by atoms with E-state index < -0.39 is 18.1 Å². The van der Waals surface area contributed by atoms with E-state index in [0.29, 0.717) is 6.04 Å². The molecule has 3 fully saturated rings. The first-order valence-corrected chi connectivity index (χ1v) is 6.53. The van der Waals surface area contributed by atoms with E-state index in [1.807, 2.05) is 0 Å². The van der Waals surface area contributed by atoms with Gasteiger partial charge in [-0.2, -0.15) is 0 Å². The Balaban J connectivity index is 1.73. The molecule has 1 amide bonds. The Labute approximate surface area is 105 Å². The van der Waals surface area contributed by atoms with Crippen LogP contribution in [-0.4, -0.2) is 57.8 Å². The van der Waals surface area contributed by atoms with E-state index in [2.05, 4.69) is 5.32 Å². The van der Waals surface area contributed by atoms with Gasteiger partial charge in [-0.15, -0.1) is 0 Å². The number of amides is 1. The first-order chi connectivity index (χ1) is 8.56. The number of aliphatic hydroxyl groups excluding tert-OH is 1. The fourth-order valence-electron chi connectivity index (χ4n) is 3.60. The van der Waals surface area contributed by atoms with E-state index in [1.165, 1.54) is 4.90 Å². The van der Waals surface area contributed by atoms with Crippen molar-refractivity contribution in [2.45, 2.75) is 49.9 Å². The number of aliphatic carboxylic acids is 1. The van der Waals surface area contributed by atoms with Crippen LogP contribution < -0.4 is 5.32 Å². The number of carboxylic acid groups (broad SMARTS) is 1. The molecule has 5 atom stereocenters. The van der Waals surface area contributed by atoms with Crippen LogP contribution in [0.5, 0.6) is 0 Å². The van der Waals surface area contributed by atoms with E-state index in [-0.39, 0.29) is 30.8 Å². The van der Waals surface area contributed by atoms with Gasteiger partial charge in [0, 0.05) is 25.0 Å². The highest BCUT2D eigenvalue weighted by molar-refractivity contribution is 5.86. The summed E-state index contributed by atoms with van der Waals surface area (Å²) < 4.78 is 0. The number of carbonyl (C=O) groups excluding carboxylic acids is 1. The maximum Gasteiger partial charge on any atom is 0.326 e. The summed E-state index contributed by atoms with van der Waals surface area (Å²) in [5, 5.41) is 22.1. The molecule has 3 aliphatic heterocycles. The first-order valence-electron chi connectivity index (χ1n) is 6.53. The average molecular weight is 254 g/mol. The van der Waals surface area contributed by atoms with Gasteiger partial charge in [0.25, 0.3) is 0 Å². The van der Waals surface area contributed by atoms with Crippen molar-refractivity contribution in [2.24, 2.45) is 5.92 Å². The molecule has 3 saturated heterocycles. The van der Waals surface area contributed by atoms with E-state index >= 15 is 0 Å². The number of nitrogens with zero attached hydrogens (tertiary/aromatic N) is 1. The normalized spacial score (nSPS) is 42.5. The molecule has 18 heavy (non-hydrogen) atoms. The van der Waals surface area contributed by atoms with Crippen molar-refractivity contribution < 1.29 is 19.8 Å². The van der Waals surface area contributed by atoms with Gasteiger partial charge in [0.05, 0.1) is 12.0 Å². The molecule has 3 heterocycles. The van der Waals surface area contributed by atoms with Crippen molar-refractivity contribution in [3.63, 3.8) is 0 Å². The summed E-state index contributed by atoms with van der Waals surface area (Å²) >= 11 is 0. The van der Waals surface area contributed by atoms with Gasteiger partial charge in [0.2, 0.25) is 5.91 Å². The number of carbonyl (C=O) groups is 2. The monoisotopic (exact) mass is 254 g/mol. The Kier molecular flexibility index (Phi) is 2.79. The number of hydrogen-bond donors (Lipinski definition) is 3. The summed E-state index contributed by atoms with van der Waals surface area (Å²) in [6.45, 7) is 0.156. The summed E-state index contributed by atoms with van der Waals surface area (Å²) in [6.07, 6.45) is 2.36. The molecular weight excluding hydrogens is 236 g/mol. The van der Waals surface area contributed by atoms with E-state index in [4.69, 9.17) is 5.11 Å². The molecule has 0 saturated carbocycles. The van der Waals surface area contributed by atoms with Crippen LogP contribution in [0.25, 0.3) is 0 Å². The molecule has 6 heteroatoms. The highest BCUT2D eigenvalue weighted by Crippen LogP contribution is 2.35. The lowest BCUT2D eigenvalue weighted by Gasteiger charge is -2.28. The molecule has 0 aromatic heterocycles. The summed E-state index contributed by atoms with van der Waals surface area (Å²) in [5.74, 6) is -1.22. The quantitative estimate of drug-likeness (QED) is 0.598. The van der Waals surface area contributed by atoms with Gasteiger partial charge in [-0.3, -0.25) is 4.79 Å². The zero-order valence-corrected chi connectivity index (χ0v) is 10.1. The van der Waals surface area contributed by atoms with E-state index in [1.54, 1.807) is 0 Å². The molecule has 2 bridgehead atoms. The van der Waals surface area contributed by atoms with Crippen LogP contribution in [0.15, 0.2) is 0 Å². The number of likely N-dealkylation sites (tertiary alicyclic amines) is 1. The second-order valence-electron chi connectivity index (χ2n) is 5.62. The molecule has 3 rings (SSSR count). The molecular formula is C12H18N2O4. The highest BCUT2D eigenvalue weighted by atomic mass is 16.4. The lowest BCUT2D eigenvalue weighted by molar-refractivity contribution is -0.150. The van der Waals surface area contributed by atoms with Crippen LogP contribution in [0, 0.1) is 5.92 Å². The van der Waals surface area contributed by atoms with Gasteiger partial charge in [0.15, 0.2) is 0 Å². The Hall–Kier alpha value is -1.14. The highest BCUT2D eigenvalue weighted by Gasteiger charge is 2.48. The Morgan fingerprint density at radius 3 is 2.56 bits per heavy atom. The fourth-order valence-corrected chi connectivity index (χ4v) is 3.60. The molecule has 3 aliphatic rings. The molecule has 6 nitrogen and oxygen atoms in total. The lowest BCUT2D eigenvalue weighted by atomic mass is 9.88. The zero-order chi connectivity index (χ0) is 12.9. The number of hydrogen-bond acceptors (Lipinski definition) is 4. The molecule has 100 valence electrons. The van der Waals surface area contributed by atoms with Gasteiger partial charge in [0.1, 0.15) is 6.04 Å². The number of β-amino-alcohol motifs (C(OH)–C–C–N with tert-alkyl or cyclic N) is 1. The topological polar surface area (TPSA) is 89.9 Å². The van der Waals surface area contributed by atoms with Crippen LogP contribution in [0.4, 0.5) is 0 Å². The number of rotatable bonds is 2. The first kappa shape index (κ1) is 11.9. The van der Waals surface area contributed by atoms with E-state index in [0.717, 1.165) is 19.3 Å². The second kappa shape index (κ2) is 4.20. The van der Waals surface area contributed by atoms with Gasteiger partial charge in [-0.1, -0.05) is 0 Å². The van der Waals surface area contributed by atoms with Gasteiger partial charge in [-0.05, 0) is 19.3 Å². The SMILES string of the molecule is O=C(O)[C@@H]1CC(O)CN1C(=O)C1CC2CCC1N2. The maximum absolute atomic E-state index is 12.4. The van der Waals surface area contributed by atoms with E-state index in [9.17, 15) is 14.7 Å². The molecule has 3 N–H and O–H groups in total. The molecule has 4 unspecified atom stereocenters. The van der Waals surface area contributed by atoms with Crippen molar-refractivity contribution in [1.82, 2.24) is 10.2 Å². The number of carboxylic acids is 1. The van der Waals surface area contributed by atoms with Crippen LogP contribution in [0.1, 0.15) is 25.7 Å². The molecule has 0 aromatic carbocycles. The summed E-state index contributed by atoms with van der Waals surface area (Å²) in [7, 11) is 0. The predicted octanol–water partition coefficient (Wildman–Crippen LogP) is -0.827. The minimum Gasteiger partial charge on any atom is -0.480 e. The minimum atomic E-state index is -1.02. The van der Waals surface area contributed by atoms with Crippen LogP contribution in [0.2, 0.25) is 0 Å². The summed E-state index contributed by atoms with van der Waals surface area (Å²) in [6, 6.07) is -0.235. The number of nitrogens with one attached hydrogen (secondary N) is 1. The Bertz CT molecular complexity index is 386. The Morgan fingerprint density at radius 1 is 1.22 bits per heavy atom. The van der Waals surface area contributed by atoms with Crippen LogP contribution in [0.3, 0.4) is 0 Å². The minimum absolute atomic E-state index is 0.0985. The third kappa shape index (κ3) is 1.80. The molecule has 0 aromatic rings. The molecule has 0 aliphatic carbocycles. The van der Waals surface area contributed by atoms with Crippen molar-refractivity contribution in [1.29, 1.82) is 0 Å². The standard InChI is InChI=1S/C12H18N2O4/c15-7-4-10(12(17)18)14(5-7)11(16)8-3-6-1-2-9(8)13-6/h6-10,13,15H,1-5H2,(H,17,18)/t6?,7?,8?,9?,10-/m0/s1. The fraction of sp³-hybridized carbons (Fsp3) is 0.833. The second-order valence-corrected chi connectivity index (χ2v) is 5.62. The smallest absolute Gasteiger partial charge is 0.326 e. The lowest BCUT2D eigenvalue weighted by Crippen LogP contribution is -2.46. The molecule has 0 spiro atoms. The third-order valence-electron chi connectivity index (χ3n) is 4.46.